The largest absolute Gasteiger partial charge is 0.326 e. The number of thiophene rings is 1. The first-order valence-corrected chi connectivity index (χ1v) is 12.0. The van der Waals surface area contributed by atoms with E-state index in [4.69, 9.17) is 0 Å². The molecule has 0 fully saturated rings. The second kappa shape index (κ2) is 10.4. The molecular weight excluding hydrogens is 440 g/mol. The number of aromatic nitrogens is 3. The number of Topliss-reactive ketones (excluding diaryl/α,β-unsaturated/α-hetero) is 1. The highest BCUT2D eigenvalue weighted by Gasteiger charge is 2.16. The number of nitrogens with zero attached hydrogens (tertiary/aromatic N) is 3. The number of nitrogens with one attached hydrogen (secondary N) is 1. The zero-order valence-electron chi connectivity index (χ0n) is 17.5. The monoisotopic (exact) mass is 462 g/mol. The van der Waals surface area contributed by atoms with Gasteiger partial charge in [0.1, 0.15) is 0 Å². The number of hydrogen-bond donors (Lipinski definition) is 1. The summed E-state index contributed by atoms with van der Waals surface area (Å²) in [6.45, 7) is 2.18. The molecule has 0 bridgehead atoms. The minimum atomic E-state index is -0.0827. The van der Waals surface area contributed by atoms with Gasteiger partial charge in [-0.25, -0.2) is 0 Å². The van der Waals surface area contributed by atoms with E-state index in [2.05, 4.69) is 32.2 Å². The maximum absolute atomic E-state index is 12.4. The van der Waals surface area contributed by atoms with Gasteiger partial charge in [0.2, 0.25) is 5.91 Å². The summed E-state index contributed by atoms with van der Waals surface area (Å²) in [4.78, 5) is 24.8. The van der Waals surface area contributed by atoms with E-state index in [1.165, 1.54) is 24.2 Å². The number of amides is 1. The molecular formula is C24H22N4O2S2. The number of benzene rings is 2. The first kappa shape index (κ1) is 22.0. The Balaban J connectivity index is 1.40. The Morgan fingerprint density at radius 3 is 2.47 bits per heavy atom. The lowest BCUT2D eigenvalue weighted by Gasteiger charge is -2.10. The van der Waals surface area contributed by atoms with E-state index in [1.54, 1.807) is 35.6 Å². The van der Waals surface area contributed by atoms with Gasteiger partial charge in [0.15, 0.2) is 16.8 Å². The van der Waals surface area contributed by atoms with E-state index >= 15 is 0 Å². The number of carbonyl (C=O) groups is 2. The summed E-state index contributed by atoms with van der Waals surface area (Å²) in [5.74, 6) is 1.33. The van der Waals surface area contributed by atoms with Crippen LogP contribution in [0.5, 0.6) is 0 Å². The van der Waals surface area contributed by atoms with Gasteiger partial charge in [-0.15, -0.1) is 21.5 Å². The minimum absolute atomic E-state index is 0.000749. The standard InChI is InChI=1S/C24H22N4O2S2/c1-17(29)19-9-11-20(12-10-19)25-22(30)13-15-32-24-27-26-23(21-8-5-14-31-21)28(24)16-18-6-3-2-4-7-18/h2-12,14H,13,15-16H2,1H3,(H,25,30). The molecule has 0 atom stereocenters. The summed E-state index contributed by atoms with van der Waals surface area (Å²) in [5, 5.41) is 14.5. The lowest BCUT2D eigenvalue weighted by molar-refractivity contribution is -0.115. The van der Waals surface area contributed by atoms with Gasteiger partial charge in [-0.2, -0.15) is 0 Å². The van der Waals surface area contributed by atoms with Gasteiger partial charge < -0.3 is 5.32 Å². The van der Waals surface area contributed by atoms with Crippen LogP contribution >= 0.6 is 23.1 Å². The molecule has 6 nitrogen and oxygen atoms in total. The van der Waals surface area contributed by atoms with Gasteiger partial charge in [0.25, 0.3) is 0 Å². The number of ketones is 1. The van der Waals surface area contributed by atoms with Gasteiger partial charge in [0.05, 0.1) is 11.4 Å². The average molecular weight is 463 g/mol. The molecule has 0 aliphatic rings. The highest BCUT2D eigenvalue weighted by atomic mass is 32.2. The number of rotatable bonds is 9. The Kier molecular flexibility index (Phi) is 7.14. The molecule has 2 heterocycles. The van der Waals surface area contributed by atoms with Crippen LogP contribution in [0.2, 0.25) is 0 Å². The van der Waals surface area contributed by atoms with Crippen LogP contribution in [0.4, 0.5) is 5.69 Å². The zero-order valence-corrected chi connectivity index (χ0v) is 19.2. The Bertz CT molecular complexity index is 1190. The maximum atomic E-state index is 12.4. The summed E-state index contributed by atoms with van der Waals surface area (Å²) >= 11 is 3.15. The molecule has 0 unspecified atom stereocenters. The summed E-state index contributed by atoms with van der Waals surface area (Å²) in [6, 6.07) is 21.1. The third-order valence-electron chi connectivity index (χ3n) is 4.78. The van der Waals surface area contributed by atoms with Crippen LogP contribution in [-0.4, -0.2) is 32.2 Å². The van der Waals surface area contributed by atoms with E-state index in [0.29, 0.717) is 30.0 Å². The number of hydrogen-bond acceptors (Lipinski definition) is 6. The molecule has 0 aliphatic heterocycles. The fourth-order valence-corrected chi connectivity index (χ4v) is 4.73. The smallest absolute Gasteiger partial charge is 0.225 e. The first-order chi connectivity index (χ1) is 15.6. The molecule has 1 amide bonds. The Morgan fingerprint density at radius 2 is 1.78 bits per heavy atom. The predicted octanol–water partition coefficient (Wildman–Crippen LogP) is 5.38. The van der Waals surface area contributed by atoms with Crippen molar-refractivity contribution in [2.45, 2.75) is 25.0 Å². The lowest BCUT2D eigenvalue weighted by Crippen LogP contribution is -2.12. The second-order valence-electron chi connectivity index (χ2n) is 7.14. The third kappa shape index (κ3) is 5.52. The van der Waals surface area contributed by atoms with Crippen molar-refractivity contribution in [1.82, 2.24) is 14.8 Å². The molecule has 2 aromatic heterocycles. The number of carbonyl (C=O) groups excluding carboxylic acids is 2. The van der Waals surface area contributed by atoms with Gasteiger partial charge >= 0.3 is 0 Å². The average Bonchev–Trinajstić information content (AvgIpc) is 3.45. The highest BCUT2D eigenvalue weighted by Crippen LogP contribution is 2.28. The van der Waals surface area contributed by atoms with Gasteiger partial charge in [-0.3, -0.25) is 14.2 Å². The third-order valence-corrected chi connectivity index (χ3v) is 6.61. The zero-order chi connectivity index (χ0) is 22.3. The number of thioether (sulfide) groups is 1. The predicted molar refractivity (Wildman–Crippen MR) is 129 cm³/mol. The quantitative estimate of drug-likeness (QED) is 0.267. The molecule has 4 aromatic rings. The van der Waals surface area contributed by atoms with Crippen molar-refractivity contribution in [2.75, 3.05) is 11.1 Å². The molecule has 0 radical (unpaired) electrons. The van der Waals surface area contributed by atoms with Crippen molar-refractivity contribution in [3.05, 3.63) is 83.2 Å². The SMILES string of the molecule is CC(=O)c1ccc(NC(=O)CCSc2nnc(-c3cccs3)n2Cc2ccccc2)cc1. The Morgan fingerprint density at radius 1 is 1.00 bits per heavy atom. The van der Waals surface area contributed by atoms with Gasteiger partial charge in [-0.1, -0.05) is 48.2 Å². The fraction of sp³-hybridized carbons (Fsp3) is 0.167. The van der Waals surface area contributed by atoms with E-state index in [-0.39, 0.29) is 11.7 Å². The molecule has 32 heavy (non-hydrogen) atoms. The van der Waals surface area contributed by atoms with Gasteiger partial charge in [0, 0.05) is 23.4 Å². The van der Waals surface area contributed by atoms with Crippen molar-refractivity contribution < 1.29 is 9.59 Å². The molecule has 0 saturated carbocycles. The first-order valence-electron chi connectivity index (χ1n) is 10.1. The van der Waals surface area contributed by atoms with Crippen molar-refractivity contribution in [1.29, 1.82) is 0 Å². The molecule has 162 valence electrons. The Hall–Kier alpha value is -3.23. The van der Waals surface area contributed by atoms with Crippen molar-refractivity contribution >= 4 is 40.5 Å². The van der Waals surface area contributed by atoms with Crippen LogP contribution in [0, 0.1) is 0 Å². The molecule has 8 heteroatoms. The lowest BCUT2D eigenvalue weighted by atomic mass is 10.1. The Labute approximate surface area is 194 Å². The summed E-state index contributed by atoms with van der Waals surface area (Å²) in [6.07, 6.45) is 0.339. The normalized spacial score (nSPS) is 10.8. The van der Waals surface area contributed by atoms with Crippen LogP contribution in [-0.2, 0) is 11.3 Å². The maximum Gasteiger partial charge on any atom is 0.225 e. The van der Waals surface area contributed by atoms with Crippen LogP contribution in [0.25, 0.3) is 10.7 Å². The highest BCUT2D eigenvalue weighted by molar-refractivity contribution is 7.99. The molecule has 1 N–H and O–H groups in total. The summed E-state index contributed by atoms with van der Waals surface area (Å²) in [5.41, 5.74) is 2.47. The second-order valence-corrected chi connectivity index (χ2v) is 9.15. The molecule has 4 rings (SSSR count). The molecule has 0 spiro atoms. The van der Waals surface area contributed by atoms with Crippen molar-refractivity contribution in [3.63, 3.8) is 0 Å². The van der Waals surface area contributed by atoms with E-state index in [9.17, 15) is 9.59 Å². The summed E-state index contributed by atoms with van der Waals surface area (Å²) < 4.78 is 2.10. The van der Waals surface area contributed by atoms with E-state index in [1.807, 2.05) is 35.7 Å². The van der Waals surface area contributed by atoms with Crippen LogP contribution in [0.3, 0.4) is 0 Å². The van der Waals surface area contributed by atoms with Crippen LogP contribution < -0.4 is 5.32 Å². The summed E-state index contributed by atoms with van der Waals surface area (Å²) in [7, 11) is 0. The minimum Gasteiger partial charge on any atom is -0.326 e. The number of anilines is 1. The van der Waals surface area contributed by atoms with E-state index in [0.717, 1.165) is 15.9 Å². The van der Waals surface area contributed by atoms with Crippen molar-refractivity contribution in [2.24, 2.45) is 0 Å². The molecule has 2 aromatic carbocycles. The fourth-order valence-electron chi connectivity index (χ4n) is 3.14. The van der Waals surface area contributed by atoms with Crippen molar-refractivity contribution in [3.8, 4) is 10.7 Å². The topological polar surface area (TPSA) is 76.9 Å². The van der Waals surface area contributed by atoms with Crippen LogP contribution in [0.1, 0.15) is 29.3 Å². The van der Waals surface area contributed by atoms with Gasteiger partial charge in [-0.05, 0) is 48.2 Å². The molecule has 0 aliphatic carbocycles. The van der Waals surface area contributed by atoms with E-state index < -0.39 is 0 Å². The van der Waals surface area contributed by atoms with Crippen LogP contribution in [0.15, 0.2) is 77.3 Å². The molecule has 0 saturated heterocycles.